The number of ether oxygens (including phenoxy) is 1. The molecule has 1 aromatic heterocycles. The molecule has 1 fully saturated rings. The zero-order valence-electron chi connectivity index (χ0n) is 10.9. The van der Waals surface area contributed by atoms with Crippen molar-refractivity contribution in [1.82, 2.24) is 9.97 Å². The number of nitrogens with two attached hydrogens (primary N) is 1. The van der Waals surface area contributed by atoms with Crippen molar-refractivity contribution in [2.75, 3.05) is 5.73 Å². The monoisotopic (exact) mass is 337 g/mol. The molecule has 3 rings (SSSR count). The zero-order chi connectivity index (χ0) is 14.3. The Kier molecular flexibility index (Phi) is 3.33. The van der Waals surface area contributed by atoms with Crippen LogP contribution < -0.4 is 10.5 Å². The zero-order valence-corrected chi connectivity index (χ0v) is 12.4. The Morgan fingerprint density at radius 3 is 2.70 bits per heavy atom. The van der Waals surface area contributed by atoms with E-state index in [4.69, 9.17) is 10.5 Å². The summed E-state index contributed by atoms with van der Waals surface area (Å²) in [7, 11) is 0. The van der Waals surface area contributed by atoms with Crippen LogP contribution in [0.2, 0.25) is 0 Å². The Balaban J connectivity index is 1.96. The van der Waals surface area contributed by atoms with Gasteiger partial charge in [0.2, 0.25) is 5.88 Å². The molecule has 20 heavy (non-hydrogen) atoms. The van der Waals surface area contributed by atoms with Crippen molar-refractivity contribution in [2.45, 2.75) is 25.7 Å². The highest BCUT2D eigenvalue weighted by Gasteiger charge is 2.28. The lowest BCUT2D eigenvalue weighted by Gasteiger charge is -2.11. The van der Waals surface area contributed by atoms with Crippen LogP contribution >= 0.6 is 15.9 Å². The number of rotatable bonds is 3. The highest BCUT2D eigenvalue weighted by molar-refractivity contribution is 9.10. The van der Waals surface area contributed by atoms with E-state index < -0.39 is 0 Å². The lowest BCUT2D eigenvalue weighted by atomic mass is 10.3. The fraction of sp³-hybridized carbons (Fsp3) is 0.286. The molecule has 0 saturated heterocycles. The number of hydrogen-bond acceptors (Lipinski definition) is 4. The number of nitrogens with zero attached hydrogens (tertiary/aromatic N) is 2. The molecule has 1 saturated carbocycles. The van der Waals surface area contributed by atoms with Gasteiger partial charge in [0.15, 0.2) is 0 Å². The van der Waals surface area contributed by atoms with Gasteiger partial charge in [-0.25, -0.2) is 9.37 Å². The minimum atomic E-state index is -0.378. The standard InChI is InChI=1S/C14H13BrFN3O/c1-7-12(17)18-13(8-2-3-8)19-14(7)20-11-5-9(15)4-10(16)6-11/h4-6,8H,2-3H2,1H3,(H2,17,18,19). The predicted molar refractivity (Wildman–Crippen MR) is 77.3 cm³/mol. The molecule has 2 N–H and O–H groups in total. The third kappa shape index (κ3) is 2.75. The molecule has 0 atom stereocenters. The van der Waals surface area contributed by atoms with Gasteiger partial charge in [-0.1, -0.05) is 15.9 Å². The molecule has 1 aliphatic carbocycles. The Morgan fingerprint density at radius 2 is 2.05 bits per heavy atom. The van der Waals surface area contributed by atoms with Gasteiger partial charge in [-0.15, -0.1) is 0 Å². The molecule has 104 valence electrons. The quantitative estimate of drug-likeness (QED) is 0.921. The van der Waals surface area contributed by atoms with E-state index in [1.807, 2.05) is 0 Å². The number of anilines is 1. The first-order valence-corrected chi connectivity index (χ1v) is 7.10. The van der Waals surface area contributed by atoms with Gasteiger partial charge < -0.3 is 10.5 Å². The summed E-state index contributed by atoms with van der Waals surface area (Å²) in [6.07, 6.45) is 2.15. The lowest BCUT2D eigenvalue weighted by Crippen LogP contribution is -2.04. The third-order valence-electron chi connectivity index (χ3n) is 3.15. The number of hydrogen-bond donors (Lipinski definition) is 1. The van der Waals surface area contributed by atoms with Gasteiger partial charge >= 0.3 is 0 Å². The number of nitrogen functional groups attached to an aromatic ring is 1. The van der Waals surface area contributed by atoms with Gasteiger partial charge in [-0.3, -0.25) is 0 Å². The molecule has 0 radical (unpaired) electrons. The Labute approximate surface area is 124 Å². The summed E-state index contributed by atoms with van der Waals surface area (Å²) >= 11 is 3.23. The highest BCUT2D eigenvalue weighted by atomic mass is 79.9. The van der Waals surface area contributed by atoms with Crippen molar-refractivity contribution in [3.8, 4) is 11.6 Å². The van der Waals surface area contributed by atoms with Gasteiger partial charge in [0.25, 0.3) is 0 Å². The Morgan fingerprint density at radius 1 is 1.30 bits per heavy atom. The Hall–Kier alpha value is -1.69. The molecule has 6 heteroatoms. The highest BCUT2D eigenvalue weighted by Crippen LogP contribution is 2.40. The molecule has 1 aromatic carbocycles. The molecule has 0 amide bonds. The maximum absolute atomic E-state index is 13.4. The predicted octanol–water partition coefficient (Wildman–Crippen LogP) is 3.94. The van der Waals surface area contributed by atoms with Gasteiger partial charge in [-0.05, 0) is 31.9 Å². The molecule has 1 aliphatic rings. The SMILES string of the molecule is Cc1c(N)nc(C2CC2)nc1Oc1cc(F)cc(Br)c1. The lowest BCUT2D eigenvalue weighted by molar-refractivity contribution is 0.450. The van der Waals surface area contributed by atoms with Crippen LogP contribution in [0, 0.1) is 12.7 Å². The van der Waals surface area contributed by atoms with Crippen molar-refractivity contribution in [1.29, 1.82) is 0 Å². The van der Waals surface area contributed by atoms with Crippen LogP contribution in [-0.2, 0) is 0 Å². The van der Waals surface area contributed by atoms with Crippen molar-refractivity contribution in [3.05, 3.63) is 39.9 Å². The molecule has 0 unspecified atom stereocenters. The summed E-state index contributed by atoms with van der Waals surface area (Å²) in [5, 5.41) is 0. The van der Waals surface area contributed by atoms with Gasteiger partial charge in [0.05, 0.1) is 5.56 Å². The second-order valence-electron chi connectivity index (χ2n) is 4.88. The summed E-state index contributed by atoms with van der Waals surface area (Å²) in [6.45, 7) is 1.79. The summed E-state index contributed by atoms with van der Waals surface area (Å²) < 4.78 is 19.6. The Bertz CT molecular complexity index is 653. The molecule has 0 bridgehead atoms. The summed E-state index contributed by atoms with van der Waals surface area (Å²) in [5.74, 6) is 1.87. The molecular weight excluding hydrogens is 325 g/mol. The number of halogens is 2. The van der Waals surface area contributed by atoms with E-state index >= 15 is 0 Å². The molecule has 0 spiro atoms. The van der Waals surface area contributed by atoms with E-state index in [0.29, 0.717) is 39.2 Å². The van der Waals surface area contributed by atoms with Gasteiger partial charge in [0.1, 0.15) is 23.2 Å². The topological polar surface area (TPSA) is 61.0 Å². The average molecular weight is 338 g/mol. The van der Waals surface area contributed by atoms with Crippen LogP contribution in [0.5, 0.6) is 11.6 Å². The summed E-state index contributed by atoms with van der Waals surface area (Å²) in [6, 6.07) is 4.35. The maximum atomic E-state index is 13.4. The van der Waals surface area contributed by atoms with Crippen LogP contribution in [0.1, 0.15) is 30.1 Å². The average Bonchev–Trinajstić information content (AvgIpc) is 3.17. The fourth-order valence-electron chi connectivity index (χ4n) is 1.85. The van der Waals surface area contributed by atoms with Gasteiger partial charge in [-0.2, -0.15) is 4.98 Å². The van der Waals surface area contributed by atoms with Crippen LogP contribution in [0.25, 0.3) is 0 Å². The molecule has 0 aliphatic heterocycles. The van der Waals surface area contributed by atoms with Crippen LogP contribution in [0.3, 0.4) is 0 Å². The second-order valence-corrected chi connectivity index (χ2v) is 5.79. The normalized spacial score (nSPS) is 14.3. The maximum Gasteiger partial charge on any atom is 0.227 e. The minimum absolute atomic E-state index is 0.375. The molecular formula is C14H13BrFN3O. The summed E-state index contributed by atoms with van der Waals surface area (Å²) in [4.78, 5) is 8.67. The third-order valence-corrected chi connectivity index (χ3v) is 3.61. The van der Waals surface area contributed by atoms with Crippen LogP contribution in [0.4, 0.5) is 10.2 Å². The number of aromatic nitrogens is 2. The molecule has 4 nitrogen and oxygen atoms in total. The van der Waals surface area contributed by atoms with E-state index in [1.54, 1.807) is 13.0 Å². The fourth-order valence-corrected chi connectivity index (χ4v) is 2.30. The number of benzene rings is 1. The minimum Gasteiger partial charge on any atom is -0.438 e. The first kappa shape index (κ1) is 13.3. The van der Waals surface area contributed by atoms with Gasteiger partial charge in [0, 0.05) is 16.5 Å². The van der Waals surface area contributed by atoms with E-state index in [-0.39, 0.29) is 5.82 Å². The first-order chi connectivity index (χ1) is 9.52. The first-order valence-electron chi connectivity index (χ1n) is 6.31. The van der Waals surface area contributed by atoms with Crippen molar-refractivity contribution < 1.29 is 9.13 Å². The summed E-state index contributed by atoms with van der Waals surface area (Å²) in [5.41, 5.74) is 6.55. The van der Waals surface area contributed by atoms with E-state index in [2.05, 4.69) is 25.9 Å². The second kappa shape index (κ2) is 5.01. The van der Waals surface area contributed by atoms with Crippen LogP contribution in [0.15, 0.2) is 22.7 Å². The molecule has 1 heterocycles. The van der Waals surface area contributed by atoms with E-state index in [0.717, 1.165) is 12.8 Å². The van der Waals surface area contributed by atoms with Crippen molar-refractivity contribution in [3.63, 3.8) is 0 Å². The van der Waals surface area contributed by atoms with Crippen LogP contribution in [-0.4, -0.2) is 9.97 Å². The van der Waals surface area contributed by atoms with Crippen molar-refractivity contribution in [2.24, 2.45) is 0 Å². The van der Waals surface area contributed by atoms with Crippen molar-refractivity contribution >= 4 is 21.7 Å². The van der Waals surface area contributed by atoms with E-state index in [1.165, 1.54) is 12.1 Å². The van der Waals surface area contributed by atoms with E-state index in [9.17, 15) is 4.39 Å². The molecule has 2 aromatic rings. The smallest absolute Gasteiger partial charge is 0.227 e. The largest absolute Gasteiger partial charge is 0.438 e.